The van der Waals surface area contributed by atoms with Crippen molar-refractivity contribution in [2.24, 2.45) is 0 Å². The number of nitrogens with zero attached hydrogens (tertiary/aromatic N) is 2. The van der Waals surface area contributed by atoms with Gasteiger partial charge in [0.2, 0.25) is 23.6 Å². The molecule has 5 rings (SSSR count). The summed E-state index contributed by atoms with van der Waals surface area (Å²) in [4.78, 5) is 66.4. The summed E-state index contributed by atoms with van der Waals surface area (Å²) in [6.45, 7) is 3.52. The van der Waals surface area contributed by atoms with Gasteiger partial charge in [-0.3, -0.25) is 34.2 Å². The number of anilines is 2. The van der Waals surface area contributed by atoms with Gasteiger partial charge in [-0.2, -0.15) is 0 Å². The van der Waals surface area contributed by atoms with Gasteiger partial charge in [0.15, 0.2) is 0 Å². The Labute approximate surface area is 208 Å². The Morgan fingerprint density at radius 3 is 2.42 bits per heavy atom. The van der Waals surface area contributed by atoms with Crippen LogP contribution in [0.3, 0.4) is 0 Å². The van der Waals surface area contributed by atoms with Gasteiger partial charge < -0.3 is 10.2 Å². The first-order valence-corrected chi connectivity index (χ1v) is 12.2. The van der Waals surface area contributed by atoms with E-state index in [1.54, 1.807) is 53.4 Å². The zero-order valence-electron chi connectivity index (χ0n) is 20.3. The molecule has 2 aromatic rings. The maximum atomic E-state index is 13.3. The third-order valence-corrected chi connectivity index (χ3v) is 7.84. The molecule has 36 heavy (non-hydrogen) atoms. The number of piperidine rings is 1. The van der Waals surface area contributed by atoms with E-state index in [1.165, 1.54) is 4.90 Å². The van der Waals surface area contributed by atoms with E-state index in [4.69, 9.17) is 0 Å². The van der Waals surface area contributed by atoms with Crippen LogP contribution >= 0.6 is 0 Å². The molecule has 2 aromatic carbocycles. The van der Waals surface area contributed by atoms with Crippen LogP contribution < -0.4 is 15.5 Å². The quantitative estimate of drug-likeness (QED) is 0.628. The standard InChI is InChI=1S/C27H28N4O5/c1-3-27(15-12-21(32)29-25(27)36)17-8-10-18(11-9-17)28-22(33)16-30-24(35)19-6-4-5-7-20(19)31-23(34)13-14-26(30,31)2/h4-11H,3,12-16H2,1-2H3,(H,28,33)(H,29,32,36). The highest BCUT2D eigenvalue weighted by Gasteiger charge is 2.53. The minimum Gasteiger partial charge on any atom is -0.325 e. The second-order valence-electron chi connectivity index (χ2n) is 9.79. The summed E-state index contributed by atoms with van der Waals surface area (Å²) in [5.41, 5.74) is 0.592. The molecule has 5 amide bonds. The third kappa shape index (κ3) is 3.57. The van der Waals surface area contributed by atoms with Crippen LogP contribution in [0, 0.1) is 0 Å². The van der Waals surface area contributed by atoms with Crippen LogP contribution in [0.2, 0.25) is 0 Å². The number of nitrogens with one attached hydrogen (secondary N) is 2. The van der Waals surface area contributed by atoms with Gasteiger partial charge in [-0.15, -0.1) is 0 Å². The van der Waals surface area contributed by atoms with Gasteiger partial charge in [0, 0.05) is 18.5 Å². The van der Waals surface area contributed by atoms with Crippen molar-refractivity contribution in [1.29, 1.82) is 0 Å². The van der Waals surface area contributed by atoms with Gasteiger partial charge in [0.1, 0.15) is 12.2 Å². The molecule has 9 nitrogen and oxygen atoms in total. The SMILES string of the molecule is CCC1(c2ccc(NC(=O)CN3C(=O)c4ccccc4N4C(=O)CCC34C)cc2)CCC(=O)NC1=O. The highest BCUT2D eigenvalue weighted by atomic mass is 16.2. The minimum absolute atomic E-state index is 0.0725. The fourth-order valence-electron chi connectivity index (χ4n) is 5.72. The summed E-state index contributed by atoms with van der Waals surface area (Å²) in [5.74, 6) is -1.31. The first-order chi connectivity index (χ1) is 17.2. The highest BCUT2D eigenvalue weighted by Crippen LogP contribution is 2.44. The number of rotatable bonds is 5. The normalized spacial score (nSPS) is 25.4. The molecule has 0 bridgehead atoms. The summed E-state index contributed by atoms with van der Waals surface area (Å²) in [5, 5.41) is 5.27. The van der Waals surface area contributed by atoms with Gasteiger partial charge in [-0.05, 0) is 56.0 Å². The predicted octanol–water partition coefficient (Wildman–Crippen LogP) is 2.71. The zero-order valence-corrected chi connectivity index (χ0v) is 20.3. The molecular formula is C27H28N4O5. The van der Waals surface area contributed by atoms with Crippen molar-refractivity contribution >= 4 is 40.9 Å². The number of benzene rings is 2. The molecule has 0 radical (unpaired) electrons. The molecule has 2 fully saturated rings. The monoisotopic (exact) mass is 488 g/mol. The summed E-state index contributed by atoms with van der Waals surface area (Å²) in [7, 11) is 0. The lowest BCUT2D eigenvalue weighted by Gasteiger charge is -2.48. The van der Waals surface area contributed by atoms with Crippen molar-refractivity contribution in [2.75, 3.05) is 16.8 Å². The number of carbonyl (C=O) groups excluding carboxylic acids is 5. The lowest BCUT2D eigenvalue weighted by atomic mass is 9.72. The number of hydrogen-bond acceptors (Lipinski definition) is 5. The Morgan fingerprint density at radius 2 is 1.72 bits per heavy atom. The first-order valence-electron chi connectivity index (χ1n) is 12.2. The van der Waals surface area contributed by atoms with Crippen molar-refractivity contribution in [1.82, 2.24) is 10.2 Å². The van der Waals surface area contributed by atoms with E-state index >= 15 is 0 Å². The van der Waals surface area contributed by atoms with Crippen molar-refractivity contribution in [3.05, 3.63) is 59.7 Å². The topological polar surface area (TPSA) is 116 Å². The molecule has 0 saturated carbocycles. The van der Waals surface area contributed by atoms with E-state index in [1.807, 2.05) is 13.8 Å². The molecule has 0 spiro atoms. The van der Waals surface area contributed by atoms with Crippen LogP contribution in [0.15, 0.2) is 48.5 Å². The summed E-state index contributed by atoms with van der Waals surface area (Å²) >= 11 is 0. The fraction of sp³-hybridized carbons (Fsp3) is 0.370. The van der Waals surface area contributed by atoms with Crippen molar-refractivity contribution in [2.45, 2.75) is 57.0 Å². The van der Waals surface area contributed by atoms with E-state index < -0.39 is 11.1 Å². The van der Waals surface area contributed by atoms with E-state index in [9.17, 15) is 24.0 Å². The van der Waals surface area contributed by atoms with E-state index in [0.29, 0.717) is 42.6 Å². The van der Waals surface area contributed by atoms with Gasteiger partial charge in [0.05, 0.1) is 16.7 Å². The van der Waals surface area contributed by atoms with Gasteiger partial charge in [-0.1, -0.05) is 31.2 Å². The maximum absolute atomic E-state index is 13.3. The molecule has 3 aliphatic heterocycles. The Bertz CT molecular complexity index is 1290. The summed E-state index contributed by atoms with van der Waals surface area (Å²) in [6, 6.07) is 14.0. The lowest BCUT2D eigenvalue weighted by molar-refractivity contribution is -0.138. The van der Waals surface area contributed by atoms with Crippen LogP contribution in [-0.4, -0.2) is 46.6 Å². The second-order valence-corrected chi connectivity index (χ2v) is 9.79. The van der Waals surface area contributed by atoms with E-state index in [0.717, 1.165) is 5.56 Å². The number of amides is 5. The average molecular weight is 489 g/mol. The molecule has 2 saturated heterocycles. The summed E-state index contributed by atoms with van der Waals surface area (Å²) < 4.78 is 0. The molecule has 2 N–H and O–H groups in total. The van der Waals surface area contributed by atoms with E-state index in [2.05, 4.69) is 10.6 Å². The molecule has 186 valence electrons. The number of fused-ring (bicyclic) bond motifs is 3. The van der Waals surface area contributed by atoms with Crippen LogP contribution in [-0.2, 0) is 24.6 Å². The zero-order chi connectivity index (χ0) is 25.7. The number of para-hydroxylation sites is 1. The number of imide groups is 1. The number of hydrogen-bond donors (Lipinski definition) is 2. The van der Waals surface area contributed by atoms with Gasteiger partial charge >= 0.3 is 0 Å². The van der Waals surface area contributed by atoms with Crippen LogP contribution in [0.25, 0.3) is 0 Å². The van der Waals surface area contributed by atoms with Crippen molar-refractivity contribution < 1.29 is 24.0 Å². The minimum atomic E-state index is -0.914. The molecular weight excluding hydrogens is 460 g/mol. The Kier molecular flexibility index (Phi) is 5.65. The van der Waals surface area contributed by atoms with Gasteiger partial charge in [-0.25, -0.2) is 0 Å². The molecule has 2 unspecified atom stereocenters. The predicted molar refractivity (Wildman–Crippen MR) is 132 cm³/mol. The molecule has 0 aliphatic carbocycles. The molecule has 0 aromatic heterocycles. The first kappa shape index (κ1) is 23.7. The second kappa shape index (κ2) is 8.58. The maximum Gasteiger partial charge on any atom is 0.258 e. The van der Waals surface area contributed by atoms with Gasteiger partial charge in [0.25, 0.3) is 5.91 Å². The fourth-order valence-corrected chi connectivity index (χ4v) is 5.72. The lowest BCUT2D eigenvalue weighted by Crippen LogP contribution is -2.63. The average Bonchev–Trinajstić information content (AvgIpc) is 3.18. The smallest absolute Gasteiger partial charge is 0.258 e. The van der Waals surface area contributed by atoms with Crippen LogP contribution in [0.1, 0.15) is 61.9 Å². The molecule has 3 heterocycles. The number of carbonyl (C=O) groups is 5. The van der Waals surface area contributed by atoms with Crippen LogP contribution in [0.5, 0.6) is 0 Å². The van der Waals surface area contributed by atoms with Crippen LogP contribution in [0.4, 0.5) is 11.4 Å². The Balaban J connectivity index is 1.34. The summed E-state index contributed by atoms with van der Waals surface area (Å²) in [6.07, 6.45) is 2.01. The third-order valence-electron chi connectivity index (χ3n) is 7.84. The highest BCUT2D eigenvalue weighted by molar-refractivity contribution is 6.11. The molecule has 2 atom stereocenters. The van der Waals surface area contributed by atoms with Crippen molar-refractivity contribution in [3.8, 4) is 0 Å². The Hall–Kier alpha value is -4.01. The molecule has 3 aliphatic rings. The van der Waals surface area contributed by atoms with E-state index in [-0.39, 0.29) is 42.5 Å². The Morgan fingerprint density at radius 1 is 1.00 bits per heavy atom. The van der Waals surface area contributed by atoms with Crippen molar-refractivity contribution in [3.63, 3.8) is 0 Å². The largest absolute Gasteiger partial charge is 0.325 e. The molecule has 9 heteroatoms.